The molecule has 0 aromatic carbocycles. The smallest absolute Gasteiger partial charge is 0.307 e. The Morgan fingerprint density at radius 1 is 1.58 bits per heavy atom. The molecule has 2 N–H and O–H groups in total. The number of aliphatic hydroxyl groups excluding tert-OH is 1. The summed E-state index contributed by atoms with van der Waals surface area (Å²) in [6.07, 6.45) is 5.20. The van der Waals surface area contributed by atoms with Crippen LogP contribution in [0.3, 0.4) is 0 Å². The normalized spacial score (nSPS) is 23.0. The predicted octanol–water partition coefficient (Wildman–Crippen LogP) is 0.211. The van der Waals surface area contributed by atoms with Gasteiger partial charge >= 0.3 is 5.69 Å². The van der Waals surface area contributed by atoms with E-state index in [1.807, 2.05) is 0 Å². The van der Waals surface area contributed by atoms with Crippen molar-refractivity contribution in [3.63, 3.8) is 0 Å². The highest BCUT2D eigenvalue weighted by Crippen LogP contribution is 2.18. The fraction of sp³-hybridized carbons (Fsp3) is 0.636. The zero-order chi connectivity index (χ0) is 13.8. The van der Waals surface area contributed by atoms with Gasteiger partial charge in [-0.1, -0.05) is 12.8 Å². The molecule has 19 heavy (non-hydrogen) atoms. The SMILES string of the molecule is O=C(Cn1cc([N+](=O)[O-])cn1)N[C@@H]1CCCC[C@H]1O. The van der Waals surface area contributed by atoms with E-state index in [2.05, 4.69) is 10.4 Å². The van der Waals surface area contributed by atoms with Crippen molar-refractivity contribution in [3.8, 4) is 0 Å². The summed E-state index contributed by atoms with van der Waals surface area (Å²) in [5, 5.41) is 26.7. The molecular formula is C11H16N4O4. The third-order valence-corrected chi connectivity index (χ3v) is 3.21. The second-order valence-corrected chi connectivity index (χ2v) is 4.68. The minimum atomic E-state index is -0.563. The molecule has 1 saturated carbocycles. The third-order valence-electron chi connectivity index (χ3n) is 3.21. The first-order valence-corrected chi connectivity index (χ1v) is 6.20. The number of carbonyl (C=O) groups excluding carboxylic acids is 1. The summed E-state index contributed by atoms with van der Waals surface area (Å²) < 4.78 is 1.21. The highest BCUT2D eigenvalue weighted by molar-refractivity contribution is 5.76. The highest BCUT2D eigenvalue weighted by Gasteiger charge is 2.24. The first kappa shape index (κ1) is 13.5. The molecule has 104 valence electrons. The van der Waals surface area contributed by atoms with E-state index < -0.39 is 11.0 Å². The van der Waals surface area contributed by atoms with Crippen molar-refractivity contribution in [1.82, 2.24) is 15.1 Å². The summed E-state index contributed by atoms with van der Waals surface area (Å²) in [6.45, 7) is -0.0863. The fourth-order valence-corrected chi connectivity index (χ4v) is 2.21. The maximum Gasteiger partial charge on any atom is 0.307 e. The molecule has 8 heteroatoms. The molecule has 0 saturated heterocycles. The minimum Gasteiger partial charge on any atom is -0.391 e. The van der Waals surface area contributed by atoms with Crippen LogP contribution in [0.5, 0.6) is 0 Å². The van der Waals surface area contributed by atoms with Crippen molar-refractivity contribution in [2.45, 2.75) is 44.4 Å². The monoisotopic (exact) mass is 268 g/mol. The largest absolute Gasteiger partial charge is 0.391 e. The Bertz CT molecular complexity index is 473. The second kappa shape index (κ2) is 5.79. The Labute approximate surface area is 109 Å². The lowest BCUT2D eigenvalue weighted by Gasteiger charge is -2.28. The van der Waals surface area contributed by atoms with Gasteiger partial charge in [-0.15, -0.1) is 0 Å². The van der Waals surface area contributed by atoms with Crippen molar-refractivity contribution in [3.05, 3.63) is 22.5 Å². The van der Waals surface area contributed by atoms with Gasteiger partial charge in [-0.3, -0.25) is 19.6 Å². The minimum absolute atomic E-state index is 0.0863. The molecule has 0 unspecified atom stereocenters. The van der Waals surface area contributed by atoms with E-state index in [-0.39, 0.29) is 24.2 Å². The third kappa shape index (κ3) is 3.50. The molecule has 1 aromatic heterocycles. The summed E-state index contributed by atoms with van der Waals surface area (Å²) in [7, 11) is 0. The van der Waals surface area contributed by atoms with E-state index in [0.29, 0.717) is 6.42 Å². The van der Waals surface area contributed by atoms with Crippen molar-refractivity contribution < 1.29 is 14.8 Å². The quantitative estimate of drug-likeness (QED) is 0.599. The summed E-state index contributed by atoms with van der Waals surface area (Å²) in [4.78, 5) is 21.7. The van der Waals surface area contributed by atoms with Gasteiger partial charge < -0.3 is 10.4 Å². The van der Waals surface area contributed by atoms with E-state index in [4.69, 9.17) is 0 Å². The number of nitrogens with zero attached hydrogens (tertiary/aromatic N) is 3. The number of nitrogens with one attached hydrogen (secondary N) is 1. The first-order chi connectivity index (χ1) is 9.06. The molecule has 0 bridgehead atoms. The van der Waals surface area contributed by atoms with Gasteiger partial charge in [-0.2, -0.15) is 5.10 Å². The first-order valence-electron chi connectivity index (χ1n) is 6.20. The molecule has 1 aliphatic carbocycles. The number of carbonyl (C=O) groups is 1. The lowest BCUT2D eigenvalue weighted by molar-refractivity contribution is -0.385. The van der Waals surface area contributed by atoms with Gasteiger partial charge in [-0.25, -0.2) is 0 Å². The molecule has 2 rings (SSSR count). The van der Waals surface area contributed by atoms with E-state index in [9.17, 15) is 20.0 Å². The molecule has 8 nitrogen and oxygen atoms in total. The van der Waals surface area contributed by atoms with Crippen molar-refractivity contribution in [2.24, 2.45) is 0 Å². The van der Waals surface area contributed by atoms with Gasteiger partial charge in [0.1, 0.15) is 18.9 Å². The average Bonchev–Trinajstić information content (AvgIpc) is 2.80. The zero-order valence-corrected chi connectivity index (χ0v) is 10.4. The van der Waals surface area contributed by atoms with Crippen LogP contribution in [0.4, 0.5) is 5.69 Å². The van der Waals surface area contributed by atoms with Gasteiger partial charge in [0.15, 0.2) is 0 Å². The highest BCUT2D eigenvalue weighted by atomic mass is 16.6. The van der Waals surface area contributed by atoms with Crippen molar-refractivity contribution in [1.29, 1.82) is 0 Å². The lowest BCUT2D eigenvalue weighted by Crippen LogP contribution is -2.46. The number of amides is 1. The molecule has 1 aliphatic rings. The molecule has 1 heterocycles. The van der Waals surface area contributed by atoms with Crippen LogP contribution in [0.15, 0.2) is 12.4 Å². The number of hydrogen-bond donors (Lipinski definition) is 2. The zero-order valence-electron chi connectivity index (χ0n) is 10.4. The Kier molecular flexibility index (Phi) is 4.10. The number of aliphatic hydroxyl groups is 1. The maximum absolute atomic E-state index is 11.8. The van der Waals surface area contributed by atoms with Crippen LogP contribution >= 0.6 is 0 Å². The van der Waals surface area contributed by atoms with Crippen LogP contribution in [-0.2, 0) is 11.3 Å². The van der Waals surface area contributed by atoms with E-state index >= 15 is 0 Å². The van der Waals surface area contributed by atoms with Crippen LogP contribution in [0.2, 0.25) is 0 Å². The fourth-order valence-electron chi connectivity index (χ4n) is 2.21. The Morgan fingerprint density at radius 3 is 2.95 bits per heavy atom. The van der Waals surface area contributed by atoms with E-state index in [1.54, 1.807) is 0 Å². The number of nitro groups is 1. The van der Waals surface area contributed by atoms with Crippen LogP contribution in [0.25, 0.3) is 0 Å². The Morgan fingerprint density at radius 2 is 2.32 bits per heavy atom. The topological polar surface area (TPSA) is 110 Å². The number of rotatable bonds is 4. The van der Waals surface area contributed by atoms with E-state index in [0.717, 1.165) is 25.5 Å². The summed E-state index contributed by atoms with van der Waals surface area (Å²) in [6, 6.07) is -0.230. The molecule has 0 aliphatic heterocycles. The molecule has 0 spiro atoms. The van der Waals surface area contributed by atoms with Gasteiger partial charge in [-0.05, 0) is 12.8 Å². The second-order valence-electron chi connectivity index (χ2n) is 4.68. The average molecular weight is 268 g/mol. The summed E-state index contributed by atoms with van der Waals surface area (Å²) in [5.74, 6) is -0.302. The Hall–Kier alpha value is -1.96. The van der Waals surface area contributed by atoms with Crippen molar-refractivity contribution in [2.75, 3.05) is 0 Å². The number of aromatic nitrogens is 2. The number of hydrogen-bond acceptors (Lipinski definition) is 5. The van der Waals surface area contributed by atoms with Crippen LogP contribution in [-0.4, -0.2) is 37.9 Å². The van der Waals surface area contributed by atoms with Gasteiger partial charge in [0.05, 0.1) is 17.1 Å². The summed E-state index contributed by atoms with van der Waals surface area (Å²) in [5.41, 5.74) is -0.148. The molecule has 1 fully saturated rings. The molecule has 1 aromatic rings. The van der Waals surface area contributed by atoms with Crippen molar-refractivity contribution >= 4 is 11.6 Å². The van der Waals surface area contributed by atoms with Crippen LogP contribution in [0.1, 0.15) is 25.7 Å². The maximum atomic E-state index is 11.8. The molecule has 2 atom stereocenters. The van der Waals surface area contributed by atoms with Gasteiger partial charge in [0.25, 0.3) is 0 Å². The van der Waals surface area contributed by atoms with Gasteiger partial charge in [0, 0.05) is 0 Å². The van der Waals surface area contributed by atoms with Crippen LogP contribution < -0.4 is 5.32 Å². The summed E-state index contributed by atoms with van der Waals surface area (Å²) >= 11 is 0. The standard InChI is InChI=1S/C11H16N4O4/c16-10-4-2-1-3-9(10)13-11(17)7-14-6-8(5-12-14)15(18)19/h5-6,9-10,16H,1-4,7H2,(H,13,17)/t9-,10-/m1/s1. The predicted molar refractivity (Wildman–Crippen MR) is 65.3 cm³/mol. The lowest BCUT2D eigenvalue weighted by atomic mass is 9.92. The van der Waals surface area contributed by atoms with E-state index in [1.165, 1.54) is 10.9 Å². The molecular weight excluding hydrogens is 252 g/mol. The molecule has 1 amide bonds. The molecule has 0 radical (unpaired) electrons. The van der Waals surface area contributed by atoms with Crippen LogP contribution in [0, 0.1) is 10.1 Å². The Balaban J connectivity index is 1.87. The van der Waals surface area contributed by atoms with Gasteiger partial charge in [0.2, 0.25) is 5.91 Å².